The minimum Gasteiger partial charge on any atom is -0.492 e. The lowest BCUT2D eigenvalue weighted by atomic mass is 10.1. The Morgan fingerprint density at radius 3 is 2.39 bits per heavy atom. The molecule has 0 amide bonds. The highest BCUT2D eigenvalue weighted by molar-refractivity contribution is 5.85. The summed E-state index contributed by atoms with van der Waals surface area (Å²) in [5.74, 6) is 1.98. The Kier molecular flexibility index (Phi) is 9.43. The zero-order valence-electron chi connectivity index (χ0n) is 17.4. The van der Waals surface area contributed by atoms with Crippen LogP contribution in [0.15, 0.2) is 48.7 Å². The molecular weight excluding hydrogens is 439 g/mol. The molecule has 7 nitrogen and oxygen atoms in total. The van der Waals surface area contributed by atoms with Gasteiger partial charge in [-0.3, -0.25) is 0 Å². The smallest absolute Gasteiger partial charge is 0.234 e. The number of aromatic nitrogens is 3. The molecule has 0 radical (unpaired) electrons. The summed E-state index contributed by atoms with van der Waals surface area (Å²) in [5, 5.41) is 4.71. The third-order valence-corrected chi connectivity index (χ3v) is 4.99. The van der Waals surface area contributed by atoms with E-state index >= 15 is 0 Å². The van der Waals surface area contributed by atoms with E-state index in [2.05, 4.69) is 4.98 Å². The average molecular weight is 467 g/mol. The molecule has 2 N–H and O–H groups in total. The molecule has 0 saturated heterocycles. The van der Waals surface area contributed by atoms with Crippen molar-refractivity contribution < 1.29 is 14.2 Å². The van der Waals surface area contributed by atoms with Crippen LogP contribution in [0.4, 0.5) is 0 Å². The lowest BCUT2D eigenvalue weighted by Crippen LogP contribution is -2.11. The molecule has 0 bridgehead atoms. The van der Waals surface area contributed by atoms with Crippen LogP contribution in [0.3, 0.4) is 0 Å². The number of hydrogen-bond donors (Lipinski definition) is 1. The Hall–Kier alpha value is -2.48. The number of nitrogens with two attached hydrogens (primary N) is 1. The molecule has 1 saturated carbocycles. The first-order chi connectivity index (χ1) is 14.3. The number of halogens is 2. The minimum absolute atomic E-state index is 0. The molecule has 1 aromatic carbocycles. The summed E-state index contributed by atoms with van der Waals surface area (Å²) in [6.07, 6.45) is 6.58. The SMILES string of the molecule is COc1ccc(-n2nc(OC3CCCC3)cc2-c2ccc(OCCN)cc2)cn1.Cl.Cl. The first-order valence-corrected chi connectivity index (χ1v) is 9.97. The van der Waals surface area contributed by atoms with Crippen LogP contribution in [0, 0.1) is 0 Å². The fraction of sp³-hybridized carbons (Fsp3) is 0.364. The summed E-state index contributed by atoms with van der Waals surface area (Å²) in [5.41, 5.74) is 8.28. The van der Waals surface area contributed by atoms with Gasteiger partial charge in [0.1, 0.15) is 18.5 Å². The third-order valence-electron chi connectivity index (χ3n) is 4.99. The van der Waals surface area contributed by atoms with Gasteiger partial charge in [-0.2, -0.15) is 0 Å². The van der Waals surface area contributed by atoms with Crippen LogP contribution in [0.2, 0.25) is 0 Å². The van der Waals surface area contributed by atoms with Gasteiger partial charge in [0, 0.05) is 24.2 Å². The third kappa shape index (κ3) is 6.03. The Morgan fingerprint density at radius 2 is 1.77 bits per heavy atom. The molecule has 0 unspecified atom stereocenters. The minimum atomic E-state index is 0. The van der Waals surface area contributed by atoms with Crippen molar-refractivity contribution in [1.82, 2.24) is 14.8 Å². The van der Waals surface area contributed by atoms with Crippen LogP contribution in [0.25, 0.3) is 16.9 Å². The second-order valence-corrected chi connectivity index (χ2v) is 7.02. The Morgan fingerprint density at radius 1 is 1.03 bits per heavy atom. The lowest BCUT2D eigenvalue weighted by Gasteiger charge is -2.10. The summed E-state index contributed by atoms with van der Waals surface area (Å²) < 4.78 is 18.8. The van der Waals surface area contributed by atoms with Gasteiger partial charge in [0.05, 0.1) is 24.7 Å². The molecule has 4 rings (SSSR count). The van der Waals surface area contributed by atoms with Crippen molar-refractivity contribution in [3.05, 3.63) is 48.7 Å². The fourth-order valence-corrected chi connectivity index (χ4v) is 3.51. The molecule has 2 heterocycles. The van der Waals surface area contributed by atoms with Gasteiger partial charge in [0.25, 0.3) is 0 Å². The van der Waals surface area contributed by atoms with E-state index in [9.17, 15) is 0 Å². The summed E-state index contributed by atoms with van der Waals surface area (Å²) >= 11 is 0. The number of ether oxygens (including phenoxy) is 3. The van der Waals surface area contributed by atoms with Crippen molar-refractivity contribution in [3.63, 3.8) is 0 Å². The number of methoxy groups -OCH3 is 1. The lowest BCUT2D eigenvalue weighted by molar-refractivity contribution is 0.200. The summed E-state index contributed by atoms with van der Waals surface area (Å²) in [6, 6.07) is 13.6. The quantitative estimate of drug-likeness (QED) is 0.527. The number of benzene rings is 1. The van der Waals surface area contributed by atoms with Crippen molar-refractivity contribution in [2.75, 3.05) is 20.3 Å². The maximum Gasteiger partial charge on any atom is 0.234 e. The van der Waals surface area contributed by atoms with Gasteiger partial charge in [-0.25, -0.2) is 9.67 Å². The van der Waals surface area contributed by atoms with Crippen LogP contribution >= 0.6 is 24.8 Å². The van der Waals surface area contributed by atoms with E-state index in [1.807, 2.05) is 47.1 Å². The zero-order valence-corrected chi connectivity index (χ0v) is 19.0. The first-order valence-electron chi connectivity index (χ1n) is 9.97. The Balaban J connectivity index is 0.00000171. The van der Waals surface area contributed by atoms with E-state index in [-0.39, 0.29) is 30.9 Å². The molecule has 1 aliphatic rings. The highest BCUT2D eigenvalue weighted by Crippen LogP contribution is 2.31. The number of rotatable bonds is 8. The van der Waals surface area contributed by atoms with Gasteiger partial charge < -0.3 is 19.9 Å². The predicted molar refractivity (Wildman–Crippen MR) is 125 cm³/mol. The maximum atomic E-state index is 6.15. The monoisotopic (exact) mass is 466 g/mol. The Labute approximate surface area is 194 Å². The van der Waals surface area contributed by atoms with E-state index in [1.54, 1.807) is 13.3 Å². The van der Waals surface area contributed by atoms with Gasteiger partial charge in [0.15, 0.2) is 0 Å². The van der Waals surface area contributed by atoms with Crippen molar-refractivity contribution >= 4 is 24.8 Å². The molecule has 0 atom stereocenters. The van der Waals surface area contributed by atoms with E-state index in [4.69, 9.17) is 25.0 Å². The van der Waals surface area contributed by atoms with E-state index in [1.165, 1.54) is 12.8 Å². The van der Waals surface area contributed by atoms with Gasteiger partial charge >= 0.3 is 0 Å². The standard InChI is InChI=1S/C22H26N4O3.2ClH/c1-27-21-11-8-17(15-24-21)26-20(14-22(25-26)29-19-4-2-3-5-19)16-6-9-18(10-7-16)28-13-12-23;;/h6-11,14-15,19H,2-5,12-13,23H2,1H3;2*1H. The maximum absolute atomic E-state index is 6.15. The van der Waals surface area contributed by atoms with Gasteiger partial charge in [-0.1, -0.05) is 0 Å². The largest absolute Gasteiger partial charge is 0.492 e. The highest BCUT2D eigenvalue weighted by atomic mass is 35.5. The van der Waals surface area contributed by atoms with Crippen molar-refractivity contribution in [1.29, 1.82) is 0 Å². The molecule has 2 aromatic heterocycles. The molecule has 1 aliphatic carbocycles. The predicted octanol–water partition coefficient (Wildman–Crippen LogP) is 4.45. The second kappa shape index (κ2) is 11.8. The van der Waals surface area contributed by atoms with E-state index in [0.29, 0.717) is 24.9 Å². The Bertz CT molecular complexity index is 927. The molecule has 168 valence electrons. The van der Waals surface area contributed by atoms with Crippen LogP contribution in [-0.2, 0) is 0 Å². The van der Waals surface area contributed by atoms with E-state index in [0.717, 1.165) is 35.5 Å². The molecule has 1 fully saturated rings. The first kappa shape index (κ1) is 24.8. The summed E-state index contributed by atoms with van der Waals surface area (Å²) in [7, 11) is 1.60. The van der Waals surface area contributed by atoms with Gasteiger partial charge in [-0.05, 0) is 56.0 Å². The topological polar surface area (TPSA) is 84.4 Å². The van der Waals surface area contributed by atoms with Crippen molar-refractivity contribution in [2.45, 2.75) is 31.8 Å². The number of pyridine rings is 1. The molecule has 0 spiro atoms. The number of hydrogen-bond acceptors (Lipinski definition) is 6. The summed E-state index contributed by atoms with van der Waals surface area (Å²) in [6.45, 7) is 0.981. The number of nitrogens with zero attached hydrogens (tertiary/aromatic N) is 3. The fourth-order valence-electron chi connectivity index (χ4n) is 3.51. The molecule has 9 heteroatoms. The summed E-state index contributed by atoms with van der Waals surface area (Å²) in [4.78, 5) is 4.31. The van der Waals surface area contributed by atoms with Crippen molar-refractivity contribution in [2.24, 2.45) is 5.73 Å². The zero-order chi connectivity index (χ0) is 20.1. The molecular formula is C22H28Cl2N4O3. The van der Waals surface area contributed by atoms with Gasteiger partial charge in [-0.15, -0.1) is 29.9 Å². The van der Waals surface area contributed by atoms with E-state index < -0.39 is 0 Å². The normalized spacial score (nSPS) is 13.2. The molecule has 31 heavy (non-hydrogen) atoms. The van der Waals surface area contributed by atoms with Crippen LogP contribution < -0.4 is 19.9 Å². The highest BCUT2D eigenvalue weighted by Gasteiger charge is 2.20. The van der Waals surface area contributed by atoms with Crippen molar-refractivity contribution in [3.8, 4) is 34.5 Å². The van der Waals surface area contributed by atoms with Crippen LogP contribution in [-0.4, -0.2) is 41.1 Å². The second-order valence-electron chi connectivity index (χ2n) is 7.02. The van der Waals surface area contributed by atoms with Gasteiger partial charge in [0.2, 0.25) is 11.8 Å². The molecule has 0 aliphatic heterocycles. The van der Waals surface area contributed by atoms with Crippen LogP contribution in [0.1, 0.15) is 25.7 Å². The molecule has 3 aromatic rings. The average Bonchev–Trinajstić information content (AvgIpc) is 3.43. The van der Waals surface area contributed by atoms with Crippen LogP contribution in [0.5, 0.6) is 17.5 Å².